The first kappa shape index (κ1) is 13.8. The van der Waals surface area contributed by atoms with Gasteiger partial charge in [0.1, 0.15) is 0 Å². The molecule has 2 aromatic rings. The molecule has 1 aromatic heterocycles. The predicted octanol–water partition coefficient (Wildman–Crippen LogP) is 5.00. The third-order valence-electron chi connectivity index (χ3n) is 2.94. The highest BCUT2D eigenvalue weighted by atomic mass is 79.9. The van der Waals surface area contributed by atoms with Gasteiger partial charge in [-0.3, -0.25) is 0 Å². The SMILES string of the molecule is CC(C)C(NCc1cc(Br)cs1)c1ccccc1. The van der Waals surface area contributed by atoms with Crippen molar-refractivity contribution in [2.75, 3.05) is 0 Å². The Morgan fingerprint density at radius 2 is 1.94 bits per heavy atom. The minimum Gasteiger partial charge on any atom is -0.305 e. The third-order valence-corrected chi connectivity index (χ3v) is 4.64. The van der Waals surface area contributed by atoms with Crippen LogP contribution in [0.1, 0.15) is 30.3 Å². The highest BCUT2D eigenvalue weighted by Gasteiger charge is 2.14. The van der Waals surface area contributed by atoms with E-state index in [9.17, 15) is 0 Å². The van der Waals surface area contributed by atoms with Gasteiger partial charge in [0, 0.05) is 27.3 Å². The van der Waals surface area contributed by atoms with Gasteiger partial charge in [0.2, 0.25) is 0 Å². The molecule has 0 amide bonds. The molecule has 0 bridgehead atoms. The summed E-state index contributed by atoms with van der Waals surface area (Å²) in [5.74, 6) is 0.579. The predicted molar refractivity (Wildman–Crippen MR) is 82.9 cm³/mol. The van der Waals surface area contributed by atoms with E-state index in [1.54, 1.807) is 11.3 Å². The Labute approximate surface area is 121 Å². The van der Waals surface area contributed by atoms with Gasteiger partial charge in [0.05, 0.1) is 0 Å². The van der Waals surface area contributed by atoms with Crippen molar-refractivity contribution in [3.63, 3.8) is 0 Å². The van der Waals surface area contributed by atoms with Gasteiger partial charge in [-0.1, -0.05) is 44.2 Å². The largest absolute Gasteiger partial charge is 0.305 e. The van der Waals surface area contributed by atoms with Crippen LogP contribution >= 0.6 is 27.3 Å². The van der Waals surface area contributed by atoms with Crippen molar-refractivity contribution < 1.29 is 0 Å². The lowest BCUT2D eigenvalue weighted by molar-refractivity contribution is 0.412. The summed E-state index contributed by atoms with van der Waals surface area (Å²) in [7, 11) is 0. The molecule has 1 unspecified atom stereocenters. The summed E-state index contributed by atoms with van der Waals surface area (Å²) in [4.78, 5) is 1.36. The Hall–Kier alpha value is -0.640. The van der Waals surface area contributed by atoms with Gasteiger partial charge in [0.25, 0.3) is 0 Å². The van der Waals surface area contributed by atoms with E-state index >= 15 is 0 Å². The molecule has 18 heavy (non-hydrogen) atoms. The highest BCUT2D eigenvalue weighted by molar-refractivity contribution is 9.10. The van der Waals surface area contributed by atoms with Crippen LogP contribution in [0.3, 0.4) is 0 Å². The van der Waals surface area contributed by atoms with E-state index < -0.39 is 0 Å². The third kappa shape index (κ3) is 3.67. The van der Waals surface area contributed by atoms with E-state index in [4.69, 9.17) is 0 Å². The molecule has 0 aliphatic heterocycles. The molecule has 1 atom stereocenters. The first-order chi connectivity index (χ1) is 8.66. The van der Waals surface area contributed by atoms with Gasteiger partial charge in [-0.15, -0.1) is 11.3 Å². The first-order valence-electron chi connectivity index (χ1n) is 6.18. The van der Waals surface area contributed by atoms with Gasteiger partial charge >= 0.3 is 0 Å². The zero-order valence-corrected chi connectivity index (χ0v) is 13.1. The van der Waals surface area contributed by atoms with Crippen molar-refractivity contribution in [3.05, 3.63) is 56.7 Å². The number of rotatable bonds is 5. The van der Waals surface area contributed by atoms with Gasteiger partial charge in [-0.2, -0.15) is 0 Å². The molecule has 1 N–H and O–H groups in total. The zero-order chi connectivity index (χ0) is 13.0. The van der Waals surface area contributed by atoms with Crippen LogP contribution in [-0.2, 0) is 6.54 Å². The molecule has 0 saturated heterocycles. The van der Waals surface area contributed by atoms with Crippen LogP contribution in [0.2, 0.25) is 0 Å². The van der Waals surface area contributed by atoms with Crippen molar-refractivity contribution >= 4 is 27.3 Å². The molecule has 0 fully saturated rings. The maximum absolute atomic E-state index is 3.65. The molecular weight excluding hydrogens is 306 g/mol. The number of hydrogen-bond acceptors (Lipinski definition) is 2. The standard InChI is InChI=1S/C15H18BrNS/c1-11(2)15(12-6-4-3-5-7-12)17-9-14-8-13(16)10-18-14/h3-8,10-11,15,17H,9H2,1-2H3. The van der Waals surface area contributed by atoms with E-state index in [0.717, 1.165) is 6.54 Å². The maximum Gasteiger partial charge on any atom is 0.0346 e. The first-order valence-corrected chi connectivity index (χ1v) is 7.85. The number of nitrogens with one attached hydrogen (secondary N) is 1. The van der Waals surface area contributed by atoms with Crippen LogP contribution < -0.4 is 5.32 Å². The molecule has 1 nitrogen and oxygen atoms in total. The molecule has 3 heteroatoms. The Bertz CT molecular complexity index is 478. The van der Waals surface area contributed by atoms with Gasteiger partial charge in [-0.05, 0) is 33.5 Å². The van der Waals surface area contributed by atoms with Gasteiger partial charge in [-0.25, -0.2) is 0 Å². The lowest BCUT2D eigenvalue weighted by Crippen LogP contribution is -2.24. The number of hydrogen-bond donors (Lipinski definition) is 1. The summed E-state index contributed by atoms with van der Waals surface area (Å²) in [6, 6.07) is 13.3. The summed E-state index contributed by atoms with van der Waals surface area (Å²) in [6.45, 7) is 5.44. The molecule has 0 spiro atoms. The van der Waals surface area contributed by atoms with E-state index in [2.05, 4.69) is 76.9 Å². The Morgan fingerprint density at radius 3 is 2.50 bits per heavy atom. The van der Waals surface area contributed by atoms with Crippen LogP contribution in [0.25, 0.3) is 0 Å². The molecule has 2 rings (SSSR count). The van der Waals surface area contributed by atoms with Gasteiger partial charge < -0.3 is 5.32 Å². The molecule has 0 aliphatic carbocycles. The normalized spacial score (nSPS) is 12.9. The van der Waals surface area contributed by atoms with Crippen molar-refractivity contribution in [1.82, 2.24) is 5.32 Å². The van der Waals surface area contributed by atoms with E-state index in [1.807, 2.05) is 0 Å². The second-order valence-electron chi connectivity index (χ2n) is 4.74. The fourth-order valence-electron chi connectivity index (χ4n) is 2.06. The van der Waals surface area contributed by atoms with E-state index in [-0.39, 0.29) is 0 Å². The average molecular weight is 324 g/mol. The van der Waals surface area contributed by atoms with E-state index in [1.165, 1.54) is 14.9 Å². The molecule has 1 heterocycles. The highest BCUT2D eigenvalue weighted by Crippen LogP contribution is 2.24. The lowest BCUT2D eigenvalue weighted by atomic mass is 9.96. The number of benzene rings is 1. The fraction of sp³-hybridized carbons (Fsp3) is 0.333. The van der Waals surface area contributed by atoms with Crippen LogP contribution in [0.5, 0.6) is 0 Å². The monoisotopic (exact) mass is 323 g/mol. The van der Waals surface area contributed by atoms with Crippen LogP contribution in [0.4, 0.5) is 0 Å². The lowest BCUT2D eigenvalue weighted by Gasteiger charge is -2.22. The average Bonchev–Trinajstić information content (AvgIpc) is 2.76. The van der Waals surface area contributed by atoms with Crippen LogP contribution in [0, 0.1) is 5.92 Å². The Morgan fingerprint density at radius 1 is 1.22 bits per heavy atom. The second kappa shape index (κ2) is 6.50. The zero-order valence-electron chi connectivity index (χ0n) is 10.7. The Balaban J connectivity index is 2.03. The number of halogens is 1. The fourth-order valence-corrected chi connectivity index (χ4v) is 3.46. The molecule has 1 aromatic carbocycles. The van der Waals surface area contributed by atoms with E-state index in [0.29, 0.717) is 12.0 Å². The second-order valence-corrected chi connectivity index (χ2v) is 6.66. The van der Waals surface area contributed by atoms with Crippen molar-refractivity contribution in [1.29, 1.82) is 0 Å². The molecule has 0 radical (unpaired) electrons. The minimum atomic E-state index is 0.409. The smallest absolute Gasteiger partial charge is 0.0346 e. The topological polar surface area (TPSA) is 12.0 Å². The summed E-state index contributed by atoms with van der Waals surface area (Å²) < 4.78 is 1.17. The van der Waals surface area contributed by atoms with Gasteiger partial charge in [0.15, 0.2) is 0 Å². The summed E-state index contributed by atoms with van der Waals surface area (Å²) in [5, 5.41) is 5.78. The summed E-state index contributed by atoms with van der Waals surface area (Å²) in [5.41, 5.74) is 1.36. The Kier molecular flexibility index (Phi) is 4.98. The van der Waals surface area contributed by atoms with Crippen molar-refractivity contribution in [2.45, 2.75) is 26.4 Å². The maximum atomic E-state index is 3.65. The molecule has 0 saturated carbocycles. The molecule has 96 valence electrons. The minimum absolute atomic E-state index is 0.409. The van der Waals surface area contributed by atoms with Crippen LogP contribution in [-0.4, -0.2) is 0 Å². The van der Waals surface area contributed by atoms with Crippen molar-refractivity contribution in [3.8, 4) is 0 Å². The van der Waals surface area contributed by atoms with Crippen molar-refractivity contribution in [2.24, 2.45) is 5.92 Å². The molecular formula is C15H18BrNS. The van der Waals surface area contributed by atoms with Crippen LogP contribution in [0.15, 0.2) is 46.3 Å². The molecule has 0 aliphatic rings. The summed E-state index contributed by atoms with van der Waals surface area (Å²) >= 11 is 5.28. The number of thiophene rings is 1. The quantitative estimate of drug-likeness (QED) is 0.816. The summed E-state index contributed by atoms with van der Waals surface area (Å²) in [6.07, 6.45) is 0.